The fourth-order valence-electron chi connectivity index (χ4n) is 2.74. The maximum atomic E-state index is 11.1. The van der Waals surface area contributed by atoms with E-state index < -0.39 is 5.97 Å². The molecule has 0 fully saturated rings. The minimum absolute atomic E-state index is 0.120. The van der Waals surface area contributed by atoms with Gasteiger partial charge in [0.2, 0.25) is 5.91 Å². The highest BCUT2D eigenvalue weighted by molar-refractivity contribution is 5.89. The van der Waals surface area contributed by atoms with Crippen LogP contribution in [0.4, 0.5) is 5.69 Å². The van der Waals surface area contributed by atoms with Crippen molar-refractivity contribution in [3.05, 3.63) is 36.3 Å². The second-order valence-electron chi connectivity index (χ2n) is 5.53. The van der Waals surface area contributed by atoms with Crippen molar-refractivity contribution < 1.29 is 14.7 Å². The van der Waals surface area contributed by atoms with Crippen molar-refractivity contribution in [1.82, 2.24) is 9.55 Å². The van der Waals surface area contributed by atoms with Crippen LogP contribution in [0.25, 0.3) is 11.3 Å². The Morgan fingerprint density at radius 3 is 2.95 bits per heavy atom. The minimum atomic E-state index is -0.761. The van der Waals surface area contributed by atoms with Crippen molar-refractivity contribution in [2.24, 2.45) is 5.92 Å². The van der Waals surface area contributed by atoms with Gasteiger partial charge in [0.25, 0.3) is 0 Å². The summed E-state index contributed by atoms with van der Waals surface area (Å²) in [5, 5.41) is 11.9. The number of benzene rings is 1. The molecule has 1 aliphatic heterocycles. The van der Waals surface area contributed by atoms with Gasteiger partial charge in [-0.1, -0.05) is 12.1 Å². The fraction of sp³-hybridized carbons (Fsp3) is 0.312. The first-order valence-electron chi connectivity index (χ1n) is 7.20. The zero-order chi connectivity index (χ0) is 15.7. The first-order valence-corrected chi connectivity index (χ1v) is 7.20. The standard InChI is InChI=1S/C16H17N3O3/c1-10(20)17-13-4-2-3-11(7-13)14-9-19-6-5-12(16(21)22)8-15(19)18-14/h2-4,7,9,12H,5-6,8H2,1H3,(H,17,20)(H,21,22). The molecule has 2 heterocycles. The molecule has 2 N–H and O–H groups in total. The molecular formula is C16H17N3O3. The van der Waals surface area contributed by atoms with Crippen LogP contribution in [0.2, 0.25) is 0 Å². The van der Waals surface area contributed by atoms with Crippen molar-refractivity contribution in [1.29, 1.82) is 0 Å². The molecule has 0 radical (unpaired) electrons. The van der Waals surface area contributed by atoms with Crippen LogP contribution in [0.1, 0.15) is 19.2 Å². The molecular weight excluding hydrogens is 282 g/mol. The third kappa shape index (κ3) is 2.86. The van der Waals surface area contributed by atoms with Gasteiger partial charge in [-0.25, -0.2) is 4.98 Å². The number of fused-ring (bicyclic) bond motifs is 1. The van der Waals surface area contributed by atoms with E-state index in [1.807, 2.05) is 35.0 Å². The van der Waals surface area contributed by atoms with Crippen LogP contribution in [-0.4, -0.2) is 26.5 Å². The highest BCUT2D eigenvalue weighted by Gasteiger charge is 2.26. The Balaban J connectivity index is 1.88. The first kappa shape index (κ1) is 14.3. The quantitative estimate of drug-likeness (QED) is 0.909. The summed E-state index contributed by atoms with van der Waals surface area (Å²) < 4.78 is 2.01. The van der Waals surface area contributed by atoms with Crippen LogP contribution in [0.5, 0.6) is 0 Å². The number of nitrogens with one attached hydrogen (secondary N) is 1. The number of anilines is 1. The number of rotatable bonds is 3. The molecule has 0 aliphatic carbocycles. The monoisotopic (exact) mass is 299 g/mol. The number of imidazole rings is 1. The van der Waals surface area contributed by atoms with Gasteiger partial charge in [-0.15, -0.1) is 0 Å². The number of hydrogen-bond donors (Lipinski definition) is 2. The van der Waals surface area contributed by atoms with Crippen LogP contribution in [0, 0.1) is 5.92 Å². The van der Waals surface area contributed by atoms with E-state index in [0.29, 0.717) is 19.4 Å². The van der Waals surface area contributed by atoms with Crippen molar-refractivity contribution in [3.8, 4) is 11.3 Å². The first-order chi connectivity index (χ1) is 10.5. The number of aliphatic carboxylic acids is 1. The smallest absolute Gasteiger partial charge is 0.307 e. The lowest BCUT2D eigenvalue weighted by Crippen LogP contribution is -2.25. The molecule has 1 unspecified atom stereocenters. The normalized spacial score (nSPS) is 16.9. The Hall–Kier alpha value is -2.63. The summed E-state index contributed by atoms with van der Waals surface area (Å²) in [4.78, 5) is 26.8. The summed E-state index contributed by atoms with van der Waals surface area (Å²) in [5.74, 6) is -0.430. The molecule has 1 amide bonds. The molecule has 0 saturated carbocycles. The third-order valence-electron chi connectivity index (χ3n) is 3.83. The molecule has 0 spiro atoms. The van der Waals surface area contributed by atoms with Gasteiger partial charge in [0, 0.05) is 37.3 Å². The summed E-state index contributed by atoms with van der Waals surface area (Å²) in [6.07, 6.45) is 3.03. The Morgan fingerprint density at radius 1 is 1.41 bits per heavy atom. The number of aromatic nitrogens is 2. The molecule has 6 nitrogen and oxygen atoms in total. The number of hydrogen-bond acceptors (Lipinski definition) is 3. The molecule has 1 atom stereocenters. The Labute approximate surface area is 127 Å². The zero-order valence-electron chi connectivity index (χ0n) is 12.2. The van der Waals surface area contributed by atoms with Crippen LogP contribution < -0.4 is 5.32 Å². The lowest BCUT2D eigenvalue weighted by molar-refractivity contribution is -0.142. The van der Waals surface area contributed by atoms with Crippen molar-refractivity contribution >= 4 is 17.6 Å². The average molecular weight is 299 g/mol. The van der Waals surface area contributed by atoms with Gasteiger partial charge in [0.1, 0.15) is 5.82 Å². The summed E-state index contributed by atoms with van der Waals surface area (Å²) in [6, 6.07) is 7.47. The molecule has 1 aliphatic rings. The number of amides is 1. The topological polar surface area (TPSA) is 84.2 Å². The predicted octanol–water partition coefficient (Wildman–Crippen LogP) is 2.16. The zero-order valence-corrected chi connectivity index (χ0v) is 12.2. The molecule has 1 aromatic carbocycles. The molecule has 0 saturated heterocycles. The van der Waals surface area contributed by atoms with E-state index in [-0.39, 0.29) is 11.8 Å². The van der Waals surface area contributed by atoms with E-state index in [0.717, 1.165) is 22.8 Å². The van der Waals surface area contributed by atoms with Gasteiger partial charge in [-0.05, 0) is 18.6 Å². The number of aryl methyl sites for hydroxylation is 1. The van der Waals surface area contributed by atoms with Crippen molar-refractivity contribution in [2.45, 2.75) is 26.3 Å². The summed E-state index contributed by atoms with van der Waals surface area (Å²) >= 11 is 0. The molecule has 2 aromatic rings. The molecule has 6 heteroatoms. The molecule has 0 bridgehead atoms. The van der Waals surface area contributed by atoms with Crippen LogP contribution >= 0.6 is 0 Å². The number of carboxylic acids is 1. The molecule has 22 heavy (non-hydrogen) atoms. The highest BCUT2D eigenvalue weighted by Crippen LogP contribution is 2.26. The molecule has 1 aromatic heterocycles. The van der Waals surface area contributed by atoms with Gasteiger partial charge in [0.05, 0.1) is 11.6 Å². The van der Waals surface area contributed by atoms with E-state index in [2.05, 4.69) is 10.3 Å². The predicted molar refractivity (Wildman–Crippen MR) is 81.4 cm³/mol. The summed E-state index contributed by atoms with van der Waals surface area (Å²) in [5.41, 5.74) is 2.42. The summed E-state index contributed by atoms with van der Waals surface area (Å²) in [7, 11) is 0. The Bertz CT molecular complexity index is 736. The largest absolute Gasteiger partial charge is 0.481 e. The van der Waals surface area contributed by atoms with E-state index >= 15 is 0 Å². The van der Waals surface area contributed by atoms with Crippen LogP contribution in [0.15, 0.2) is 30.5 Å². The van der Waals surface area contributed by atoms with Gasteiger partial charge in [-0.2, -0.15) is 0 Å². The number of carbonyl (C=O) groups excluding carboxylic acids is 1. The van der Waals surface area contributed by atoms with Gasteiger partial charge in [0.15, 0.2) is 0 Å². The van der Waals surface area contributed by atoms with E-state index in [4.69, 9.17) is 5.11 Å². The fourth-order valence-corrected chi connectivity index (χ4v) is 2.74. The van der Waals surface area contributed by atoms with Gasteiger partial charge >= 0.3 is 5.97 Å². The Morgan fingerprint density at radius 2 is 2.23 bits per heavy atom. The third-order valence-corrected chi connectivity index (χ3v) is 3.83. The second kappa shape index (κ2) is 5.63. The maximum Gasteiger partial charge on any atom is 0.307 e. The maximum absolute atomic E-state index is 11.1. The van der Waals surface area contributed by atoms with Crippen molar-refractivity contribution in [2.75, 3.05) is 5.32 Å². The van der Waals surface area contributed by atoms with E-state index in [1.54, 1.807) is 0 Å². The van der Waals surface area contributed by atoms with Gasteiger partial charge in [-0.3, -0.25) is 9.59 Å². The second-order valence-corrected chi connectivity index (χ2v) is 5.53. The van der Waals surface area contributed by atoms with Crippen LogP contribution in [0.3, 0.4) is 0 Å². The number of carbonyl (C=O) groups is 2. The number of nitrogens with zero attached hydrogens (tertiary/aromatic N) is 2. The SMILES string of the molecule is CC(=O)Nc1cccc(-c2cn3c(n2)CC(C(=O)O)CC3)c1. The molecule has 3 rings (SSSR count). The number of carboxylic acid groups (broad SMARTS) is 1. The highest BCUT2D eigenvalue weighted by atomic mass is 16.4. The van der Waals surface area contributed by atoms with E-state index in [9.17, 15) is 9.59 Å². The lowest BCUT2D eigenvalue weighted by Gasteiger charge is -2.19. The van der Waals surface area contributed by atoms with Crippen LogP contribution in [-0.2, 0) is 22.6 Å². The Kier molecular flexibility index (Phi) is 3.66. The minimum Gasteiger partial charge on any atom is -0.481 e. The average Bonchev–Trinajstić information content (AvgIpc) is 2.89. The van der Waals surface area contributed by atoms with Gasteiger partial charge < -0.3 is 15.0 Å². The molecule has 114 valence electrons. The lowest BCUT2D eigenvalue weighted by atomic mass is 9.98. The van der Waals surface area contributed by atoms with E-state index in [1.165, 1.54) is 6.92 Å². The summed E-state index contributed by atoms with van der Waals surface area (Å²) in [6.45, 7) is 2.14. The van der Waals surface area contributed by atoms with Crippen molar-refractivity contribution in [3.63, 3.8) is 0 Å².